The Labute approximate surface area is 301 Å². The van der Waals surface area contributed by atoms with Crippen LogP contribution in [0.2, 0.25) is 0 Å². The van der Waals surface area contributed by atoms with Crippen molar-refractivity contribution in [1.82, 2.24) is 0 Å². The Bertz CT molecular complexity index is 1700. The lowest BCUT2D eigenvalue weighted by Gasteiger charge is -2.37. The molecular weight excluding hydrogens is 861 g/mol. The molecule has 2 aliphatic rings. The number of carboxylic acid groups (broad SMARTS) is 1. The number of carbonyl (C=O) groups is 4. The first-order chi connectivity index (χ1) is 21.2. The number of hydrogen-bond acceptors (Lipinski definition) is 9. The maximum absolute atomic E-state index is 11.9. The van der Waals surface area contributed by atoms with Gasteiger partial charge in [-0.3, -0.25) is 9.59 Å². The van der Waals surface area contributed by atoms with Crippen LogP contribution in [0.1, 0.15) is 44.6 Å². The van der Waals surface area contributed by atoms with Crippen LogP contribution in [0.25, 0.3) is 0 Å². The van der Waals surface area contributed by atoms with E-state index in [4.69, 9.17) is 37.0 Å². The van der Waals surface area contributed by atoms with E-state index in [1.54, 1.807) is 104 Å². The summed E-state index contributed by atoms with van der Waals surface area (Å²) in [4.78, 5) is 43.8. The number of carboxylic acids is 1. The SMILES string of the molecule is C=CC[C@]1(C(=O)OCc2ccccc2)CC(=O)O1.CCC[C@]1(C(=O)O)CC(=O)O1.S=S=S=S=S=S=S=S=S=S=S=S=S=S=S. The van der Waals surface area contributed by atoms with Gasteiger partial charge in [0.25, 0.3) is 0 Å². The third-order valence-corrected chi connectivity index (χ3v) is 31.6. The van der Waals surface area contributed by atoms with Gasteiger partial charge in [-0.25, -0.2) is 9.59 Å². The maximum atomic E-state index is 11.9. The standard InChI is InChI=1S/C14H14O4.C7H10O4.S15/c1-2-8-14(9-12(15)18-14)13(16)17-10-11-6-4-3-5-7-11;1-2-3-7(6(9)10)4-5(8)11-7;1-3-5-7-9-11-13-15-14-12-10-8-6-4-2/h2-7H,1,8-10H2;2-4H2,1H3,(H,9,10);/t14-;7-;/m11./s1. The van der Waals surface area contributed by atoms with Gasteiger partial charge in [-0.15, -0.1) is 6.58 Å². The lowest BCUT2D eigenvalue weighted by Crippen LogP contribution is -2.54. The second-order valence-corrected chi connectivity index (χ2v) is 30.8. The number of ether oxygens (including phenoxy) is 3. The van der Waals surface area contributed by atoms with Gasteiger partial charge in [0.2, 0.25) is 11.2 Å². The van der Waals surface area contributed by atoms with Crippen LogP contribution in [0.4, 0.5) is 0 Å². The Morgan fingerprint density at radius 3 is 1.66 bits per heavy atom. The highest BCUT2D eigenvalue weighted by Crippen LogP contribution is 2.34. The summed E-state index contributed by atoms with van der Waals surface area (Å²) in [5.41, 5.74) is -1.44. The van der Waals surface area contributed by atoms with Crippen LogP contribution in [-0.4, -0.2) is 40.2 Å². The molecule has 2 fully saturated rings. The summed E-state index contributed by atoms with van der Waals surface area (Å²) in [5.74, 6) is -2.33. The number of cyclic esters (lactones) is 2. The van der Waals surface area contributed by atoms with Crippen LogP contribution < -0.4 is 0 Å². The van der Waals surface area contributed by atoms with Gasteiger partial charge < -0.3 is 19.3 Å². The van der Waals surface area contributed by atoms with E-state index in [-0.39, 0.29) is 31.8 Å². The zero-order valence-electron chi connectivity index (χ0n) is 22.3. The third-order valence-electron chi connectivity index (χ3n) is 4.91. The van der Waals surface area contributed by atoms with Crippen LogP contribution in [0.15, 0.2) is 43.0 Å². The molecule has 0 amide bonds. The van der Waals surface area contributed by atoms with Crippen LogP contribution in [-0.2, 0) is 178 Å². The molecule has 2 heterocycles. The van der Waals surface area contributed by atoms with E-state index in [1.165, 1.54) is 17.8 Å². The lowest BCUT2D eigenvalue weighted by molar-refractivity contribution is -0.208. The minimum absolute atomic E-state index is 0.0240. The van der Waals surface area contributed by atoms with Gasteiger partial charge in [0.05, 0.1) is 12.8 Å². The second kappa shape index (κ2) is 25.2. The molecule has 0 spiro atoms. The number of esters is 3. The van der Waals surface area contributed by atoms with Crippen molar-refractivity contribution in [2.45, 2.75) is 56.8 Å². The van der Waals surface area contributed by atoms with Crippen molar-refractivity contribution in [2.24, 2.45) is 0 Å². The summed E-state index contributed by atoms with van der Waals surface area (Å²) in [6.45, 7) is 5.59. The van der Waals surface area contributed by atoms with E-state index >= 15 is 0 Å². The highest BCUT2D eigenvalue weighted by Gasteiger charge is 2.53. The van der Waals surface area contributed by atoms with E-state index in [1.807, 2.05) is 37.3 Å². The van der Waals surface area contributed by atoms with Gasteiger partial charge in [-0.1, -0.05) is 49.8 Å². The lowest BCUT2D eigenvalue weighted by atomic mass is 9.89. The second-order valence-electron chi connectivity index (χ2n) is 7.78. The fraction of sp³-hybridized carbons (Fsp3) is 0.429. The summed E-state index contributed by atoms with van der Waals surface area (Å²) in [6, 6.07) is 9.34. The summed E-state index contributed by atoms with van der Waals surface area (Å²) in [5, 5.41) is 8.66. The average Bonchev–Trinajstić information content (AvgIpc) is 2.98. The molecule has 0 saturated carbocycles. The van der Waals surface area contributed by atoms with E-state index < -0.39 is 29.1 Å². The highest BCUT2D eigenvalue weighted by molar-refractivity contribution is 8.76. The number of aliphatic carboxylic acids is 1. The van der Waals surface area contributed by atoms with Crippen LogP contribution in [0.5, 0.6) is 0 Å². The molecule has 0 radical (unpaired) electrons. The first-order valence-corrected chi connectivity index (χ1v) is 30.3. The Hall–Kier alpha value is 0.140. The monoisotopic (exact) mass is 884 g/mol. The topological polar surface area (TPSA) is 116 Å². The zero-order chi connectivity index (χ0) is 32.7. The first kappa shape index (κ1) is 42.2. The fourth-order valence-electron chi connectivity index (χ4n) is 3.18. The molecule has 1 aromatic carbocycles. The number of benzene rings is 1. The van der Waals surface area contributed by atoms with Gasteiger partial charge in [0, 0.05) is 144 Å². The summed E-state index contributed by atoms with van der Waals surface area (Å²) in [6.07, 6.45) is 3.04. The average molecular weight is 885 g/mol. The van der Waals surface area contributed by atoms with Crippen molar-refractivity contribution in [1.29, 1.82) is 0 Å². The molecule has 2 saturated heterocycles. The van der Waals surface area contributed by atoms with Crippen molar-refractivity contribution < 1.29 is 38.5 Å². The van der Waals surface area contributed by atoms with Crippen molar-refractivity contribution in [3.05, 3.63) is 48.6 Å². The van der Waals surface area contributed by atoms with Gasteiger partial charge in [-0.2, -0.15) is 0 Å². The van der Waals surface area contributed by atoms with Crippen LogP contribution in [0, 0.1) is 0 Å². The van der Waals surface area contributed by atoms with Crippen molar-refractivity contribution in [2.75, 3.05) is 0 Å². The molecule has 1 N–H and O–H groups in total. The van der Waals surface area contributed by atoms with Gasteiger partial charge >= 0.3 is 23.9 Å². The normalized spacial score (nSPS) is 18.6. The van der Waals surface area contributed by atoms with Gasteiger partial charge in [0.15, 0.2) is 0 Å². The first-order valence-electron chi connectivity index (χ1n) is 11.6. The molecule has 2 aliphatic heterocycles. The molecule has 2 atom stereocenters. The molecule has 246 valence electrons. The van der Waals surface area contributed by atoms with E-state index in [0.717, 1.165) is 5.56 Å². The molecule has 1 aromatic rings. The minimum atomic E-state index is -1.19. The smallest absolute Gasteiger partial charge is 0.351 e. The van der Waals surface area contributed by atoms with Crippen molar-refractivity contribution >= 4 is 162 Å². The molecule has 0 aliphatic carbocycles. The zero-order valence-corrected chi connectivity index (χ0v) is 34.6. The third kappa shape index (κ3) is 16.8. The predicted molar refractivity (Wildman–Crippen MR) is 211 cm³/mol. The van der Waals surface area contributed by atoms with Crippen LogP contribution >= 0.6 is 0 Å². The molecule has 44 heavy (non-hydrogen) atoms. The Kier molecular flexibility index (Phi) is 24.1. The fourth-order valence-corrected chi connectivity index (χ4v) is 33.4. The number of rotatable bonds is 8. The molecule has 8 nitrogen and oxygen atoms in total. The van der Waals surface area contributed by atoms with Crippen LogP contribution in [0.3, 0.4) is 0 Å². The molecule has 0 bridgehead atoms. The molecule has 23 heteroatoms. The van der Waals surface area contributed by atoms with Gasteiger partial charge in [0.1, 0.15) is 6.61 Å². The summed E-state index contributed by atoms with van der Waals surface area (Å²) >= 11 is 9.45. The molecule has 0 unspecified atom stereocenters. The minimum Gasteiger partial charge on any atom is -0.478 e. The highest BCUT2D eigenvalue weighted by atomic mass is 33.5. The van der Waals surface area contributed by atoms with Crippen molar-refractivity contribution in [3.63, 3.8) is 0 Å². The summed E-state index contributed by atoms with van der Waals surface area (Å²) < 4.78 is 14.7. The number of carbonyl (C=O) groups excluding carboxylic acids is 3. The number of hydrogen-bond donors (Lipinski definition) is 1. The quantitative estimate of drug-likeness (QED) is 0.238. The van der Waals surface area contributed by atoms with E-state index in [0.29, 0.717) is 12.8 Å². The van der Waals surface area contributed by atoms with Gasteiger partial charge in [-0.05, 0) is 12.0 Å². The molecular formula is C21H24O8S15. The van der Waals surface area contributed by atoms with Crippen molar-refractivity contribution in [3.8, 4) is 0 Å². The molecule has 0 aromatic heterocycles. The summed E-state index contributed by atoms with van der Waals surface area (Å²) in [7, 11) is 21.7. The Morgan fingerprint density at radius 1 is 0.864 bits per heavy atom. The van der Waals surface area contributed by atoms with E-state index in [9.17, 15) is 19.2 Å². The van der Waals surface area contributed by atoms with E-state index in [2.05, 4.69) is 11.3 Å². The Morgan fingerprint density at radius 2 is 1.30 bits per heavy atom. The maximum Gasteiger partial charge on any atom is 0.351 e. The Balaban J connectivity index is 0.000000340. The predicted octanol–water partition coefficient (Wildman–Crippen LogP) is 2.51. The largest absolute Gasteiger partial charge is 0.478 e. The molecule has 3 rings (SSSR count).